The SMILES string of the molecule is CN1C[C@@]2(CCCN(CCn3cc(Cl)cn3)C2)OC1=O. The molecule has 0 aromatic carbocycles. The summed E-state index contributed by atoms with van der Waals surface area (Å²) in [5.41, 5.74) is -0.314. The summed E-state index contributed by atoms with van der Waals surface area (Å²) in [6, 6.07) is 0. The Labute approximate surface area is 123 Å². The predicted molar refractivity (Wildman–Crippen MR) is 74.8 cm³/mol. The number of ether oxygens (including phenoxy) is 1. The molecular formula is C13H19ClN4O2. The molecule has 6 nitrogen and oxygen atoms in total. The van der Waals surface area contributed by atoms with Gasteiger partial charge in [0, 0.05) is 26.3 Å². The standard InChI is InChI=1S/C13H19ClN4O2/c1-16-9-13(20-12(16)19)3-2-4-17(10-13)5-6-18-8-11(14)7-15-18/h7-8H,2-6,9-10H2,1H3/t13-/m1/s1. The Balaban J connectivity index is 1.57. The maximum atomic E-state index is 11.6. The van der Waals surface area contributed by atoms with E-state index >= 15 is 0 Å². The molecule has 1 aromatic rings. The molecule has 0 aliphatic carbocycles. The summed E-state index contributed by atoms with van der Waals surface area (Å²) in [6.07, 6.45) is 5.27. The second-order valence-electron chi connectivity index (χ2n) is 5.71. The molecule has 2 aliphatic heterocycles. The average Bonchev–Trinajstić information content (AvgIpc) is 2.92. The summed E-state index contributed by atoms with van der Waals surface area (Å²) >= 11 is 5.85. The highest BCUT2D eigenvalue weighted by Gasteiger charge is 2.46. The zero-order valence-corrected chi connectivity index (χ0v) is 12.3. The van der Waals surface area contributed by atoms with Crippen LogP contribution in [0.5, 0.6) is 0 Å². The van der Waals surface area contributed by atoms with Gasteiger partial charge in [-0.15, -0.1) is 0 Å². The smallest absolute Gasteiger partial charge is 0.410 e. The molecular weight excluding hydrogens is 280 g/mol. The van der Waals surface area contributed by atoms with Gasteiger partial charge in [-0.25, -0.2) is 4.79 Å². The number of carbonyl (C=O) groups is 1. The fraction of sp³-hybridized carbons (Fsp3) is 0.692. The van der Waals surface area contributed by atoms with Gasteiger partial charge < -0.3 is 9.64 Å². The Kier molecular flexibility index (Phi) is 3.60. The predicted octanol–water partition coefficient (Wildman–Crippen LogP) is 1.45. The van der Waals surface area contributed by atoms with E-state index in [0.29, 0.717) is 11.6 Å². The van der Waals surface area contributed by atoms with Crippen LogP contribution in [0.15, 0.2) is 12.4 Å². The quantitative estimate of drug-likeness (QED) is 0.847. The minimum absolute atomic E-state index is 0.203. The van der Waals surface area contributed by atoms with Crippen molar-refractivity contribution in [1.82, 2.24) is 19.6 Å². The van der Waals surface area contributed by atoms with Crippen molar-refractivity contribution in [2.75, 3.05) is 33.2 Å². The number of piperidine rings is 1. The first-order chi connectivity index (χ1) is 9.56. The third-order valence-electron chi connectivity index (χ3n) is 4.01. The first-order valence-corrected chi connectivity index (χ1v) is 7.29. The van der Waals surface area contributed by atoms with Gasteiger partial charge in [-0.3, -0.25) is 9.58 Å². The van der Waals surface area contributed by atoms with Gasteiger partial charge in [-0.2, -0.15) is 5.10 Å². The molecule has 0 bridgehead atoms. The Morgan fingerprint density at radius 1 is 1.45 bits per heavy atom. The lowest BCUT2D eigenvalue weighted by molar-refractivity contribution is -0.00981. The van der Waals surface area contributed by atoms with E-state index in [1.165, 1.54) is 0 Å². The molecule has 7 heteroatoms. The minimum atomic E-state index is -0.314. The van der Waals surface area contributed by atoms with Crippen LogP contribution in [0.25, 0.3) is 0 Å². The number of amides is 1. The van der Waals surface area contributed by atoms with Crippen LogP contribution in [0.2, 0.25) is 5.02 Å². The van der Waals surface area contributed by atoms with Crippen LogP contribution in [0.1, 0.15) is 12.8 Å². The van der Waals surface area contributed by atoms with Gasteiger partial charge in [0.25, 0.3) is 0 Å². The summed E-state index contributed by atoms with van der Waals surface area (Å²) in [5, 5.41) is 4.84. The highest BCUT2D eigenvalue weighted by atomic mass is 35.5. The van der Waals surface area contributed by atoms with E-state index in [0.717, 1.165) is 39.0 Å². The molecule has 110 valence electrons. The van der Waals surface area contributed by atoms with Crippen LogP contribution in [-0.4, -0.2) is 64.5 Å². The van der Waals surface area contributed by atoms with Gasteiger partial charge in [0.1, 0.15) is 5.60 Å². The van der Waals surface area contributed by atoms with E-state index in [1.54, 1.807) is 18.1 Å². The lowest BCUT2D eigenvalue weighted by Crippen LogP contribution is -2.51. The topological polar surface area (TPSA) is 50.6 Å². The zero-order valence-electron chi connectivity index (χ0n) is 11.6. The molecule has 1 spiro atoms. The largest absolute Gasteiger partial charge is 0.440 e. The third-order valence-corrected chi connectivity index (χ3v) is 4.20. The number of halogens is 1. The van der Waals surface area contributed by atoms with E-state index in [-0.39, 0.29) is 11.7 Å². The van der Waals surface area contributed by atoms with Crippen molar-refractivity contribution in [3.8, 4) is 0 Å². The Bertz CT molecular complexity index is 506. The third kappa shape index (κ3) is 2.76. The summed E-state index contributed by atoms with van der Waals surface area (Å²) in [5.74, 6) is 0. The molecule has 0 saturated carbocycles. The molecule has 1 aromatic heterocycles. The van der Waals surface area contributed by atoms with Gasteiger partial charge in [0.2, 0.25) is 0 Å². The maximum Gasteiger partial charge on any atom is 0.410 e. The number of carbonyl (C=O) groups excluding carboxylic acids is 1. The van der Waals surface area contributed by atoms with Gasteiger partial charge in [0.15, 0.2) is 0 Å². The highest BCUT2D eigenvalue weighted by Crippen LogP contribution is 2.31. The van der Waals surface area contributed by atoms with E-state index in [4.69, 9.17) is 16.3 Å². The van der Waals surface area contributed by atoms with Crippen LogP contribution < -0.4 is 0 Å². The molecule has 0 radical (unpaired) electrons. The molecule has 1 atom stereocenters. The van der Waals surface area contributed by atoms with Gasteiger partial charge in [-0.1, -0.05) is 11.6 Å². The molecule has 2 fully saturated rings. The van der Waals surface area contributed by atoms with Crippen LogP contribution in [0, 0.1) is 0 Å². The number of likely N-dealkylation sites (N-methyl/N-ethyl adjacent to an activating group) is 1. The minimum Gasteiger partial charge on any atom is -0.440 e. The monoisotopic (exact) mass is 298 g/mol. The van der Waals surface area contributed by atoms with Gasteiger partial charge >= 0.3 is 6.09 Å². The van der Waals surface area contributed by atoms with E-state index < -0.39 is 0 Å². The van der Waals surface area contributed by atoms with Gasteiger partial charge in [0.05, 0.1) is 24.3 Å². The second-order valence-corrected chi connectivity index (χ2v) is 6.14. The van der Waals surface area contributed by atoms with E-state index in [9.17, 15) is 4.79 Å². The lowest BCUT2D eigenvalue weighted by Gasteiger charge is -2.38. The summed E-state index contributed by atoms with van der Waals surface area (Å²) < 4.78 is 7.43. The van der Waals surface area contributed by atoms with E-state index in [2.05, 4.69) is 10.00 Å². The van der Waals surface area contributed by atoms with Crippen molar-refractivity contribution in [2.24, 2.45) is 0 Å². The summed E-state index contributed by atoms with van der Waals surface area (Å²) in [4.78, 5) is 15.6. The second kappa shape index (κ2) is 5.26. The Morgan fingerprint density at radius 2 is 2.30 bits per heavy atom. The van der Waals surface area contributed by atoms with Crippen molar-refractivity contribution < 1.29 is 9.53 Å². The first-order valence-electron chi connectivity index (χ1n) is 6.91. The number of aromatic nitrogens is 2. The molecule has 0 unspecified atom stereocenters. The van der Waals surface area contributed by atoms with Crippen LogP contribution in [0.4, 0.5) is 4.79 Å². The van der Waals surface area contributed by atoms with Crippen LogP contribution >= 0.6 is 11.6 Å². The fourth-order valence-electron chi connectivity index (χ4n) is 3.09. The Hall–Kier alpha value is -1.27. The lowest BCUT2D eigenvalue weighted by atomic mass is 9.93. The maximum absolute atomic E-state index is 11.6. The molecule has 2 saturated heterocycles. The molecule has 3 rings (SSSR count). The van der Waals surface area contributed by atoms with E-state index in [1.807, 2.05) is 10.9 Å². The Morgan fingerprint density at radius 3 is 2.95 bits per heavy atom. The molecule has 0 N–H and O–H groups in total. The molecule has 2 aliphatic rings. The number of hydrogen-bond acceptors (Lipinski definition) is 4. The molecule has 20 heavy (non-hydrogen) atoms. The van der Waals surface area contributed by atoms with Crippen molar-refractivity contribution in [2.45, 2.75) is 25.0 Å². The number of rotatable bonds is 3. The number of hydrogen-bond donors (Lipinski definition) is 0. The van der Waals surface area contributed by atoms with Crippen molar-refractivity contribution in [1.29, 1.82) is 0 Å². The van der Waals surface area contributed by atoms with Crippen molar-refractivity contribution >= 4 is 17.7 Å². The van der Waals surface area contributed by atoms with Crippen molar-refractivity contribution in [3.05, 3.63) is 17.4 Å². The highest BCUT2D eigenvalue weighted by molar-refractivity contribution is 6.30. The summed E-state index contributed by atoms with van der Waals surface area (Å²) in [6.45, 7) is 4.22. The normalized spacial score (nSPS) is 27.3. The average molecular weight is 299 g/mol. The zero-order chi connectivity index (χ0) is 14.2. The van der Waals surface area contributed by atoms with Crippen LogP contribution in [0.3, 0.4) is 0 Å². The fourth-order valence-corrected chi connectivity index (χ4v) is 3.25. The first kappa shape index (κ1) is 13.7. The molecule has 1 amide bonds. The van der Waals surface area contributed by atoms with Crippen LogP contribution in [-0.2, 0) is 11.3 Å². The van der Waals surface area contributed by atoms with Crippen molar-refractivity contribution in [3.63, 3.8) is 0 Å². The molecule has 3 heterocycles. The number of likely N-dealkylation sites (tertiary alicyclic amines) is 1. The summed E-state index contributed by atoms with van der Waals surface area (Å²) in [7, 11) is 1.79. The number of nitrogens with zero attached hydrogens (tertiary/aromatic N) is 4. The van der Waals surface area contributed by atoms with Gasteiger partial charge in [-0.05, 0) is 19.4 Å².